The Morgan fingerprint density at radius 3 is 2.79 bits per heavy atom. The summed E-state index contributed by atoms with van der Waals surface area (Å²) in [4.78, 5) is 7.17. The Bertz CT molecular complexity index is 489. The molecule has 1 aromatic carbocycles. The average Bonchev–Trinajstić information content (AvgIpc) is 2.82. The summed E-state index contributed by atoms with van der Waals surface area (Å²) in [6.45, 7) is 3.27. The fraction of sp³-hybridized carbons (Fsp3) is 0.500. The van der Waals surface area contributed by atoms with Crippen LogP contribution in [0.25, 0.3) is 10.2 Å². The number of halogens is 1. The van der Waals surface area contributed by atoms with Gasteiger partial charge >= 0.3 is 0 Å². The van der Waals surface area contributed by atoms with Crippen molar-refractivity contribution in [1.82, 2.24) is 15.2 Å². The fourth-order valence-electron chi connectivity index (χ4n) is 2.58. The Labute approximate surface area is 124 Å². The van der Waals surface area contributed by atoms with E-state index in [9.17, 15) is 0 Å². The first-order valence-electron chi connectivity index (χ1n) is 6.58. The summed E-state index contributed by atoms with van der Waals surface area (Å²) in [5.41, 5.74) is 1.14. The molecular weight excluding hydrogens is 278 g/mol. The number of nitrogens with zero attached hydrogens (tertiary/aromatic N) is 2. The monoisotopic (exact) mass is 297 g/mol. The molecule has 1 aromatic heterocycles. The van der Waals surface area contributed by atoms with Crippen LogP contribution in [0.15, 0.2) is 24.3 Å². The molecule has 1 fully saturated rings. The maximum Gasteiger partial charge on any atom is 0.108 e. The highest BCUT2D eigenvalue weighted by Gasteiger charge is 2.18. The SMILES string of the molecule is CN(Cc1nc2ccccc2s1)C1CCNCC1.Cl. The Hall–Kier alpha value is -0.680. The van der Waals surface area contributed by atoms with Gasteiger partial charge in [0, 0.05) is 6.04 Å². The molecule has 1 N–H and O–H groups in total. The number of thiazole rings is 1. The maximum atomic E-state index is 4.71. The van der Waals surface area contributed by atoms with E-state index in [4.69, 9.17) is 4.98 Å². The molecule has 0 saturated carbocycles. The molecule has 3 nitrogen and oxygen atoms in total. The van der Waals surface area contributed by atoms with Gasteiger partial charge in [-0.3, -0.25) is 4.90 Å². The lowest BCUT2D eigenvalue weighted by Crippen LogP contribution is -2.40. The summed E-state index contributed by atoms with van der Waals surface area (Å²) >= 11 is 1.82. The number of piperidine rings is 1. The molecule has 5 heteroatoms. The van der Waals surface area contributed by atoms with E-state index >= 15 is 0 Å². The van der Waals surface area contributed by atoms with E-state index < -0.39 is 0 Å². The predicted octanol–water partition coefficient (Wildman–Crippen LogP) is 2.90. The summed E-state index contributed by atoms with van der Waals surface area (Å²) in [5.74, 6) is 0. The molecule has 0 bridgehead atoms. The van der Waals surface area contributed by atoms with E-state index in [-0.39, 0.29) is 12.4 Å². The van der Waals surface area contributed by atoms with E-state index in [0.29, 0.717) is 6.04 Å². The third kappa shape index (κ3) is 3.45. The zero-order valence-electron chi connectivity index (χ0n) is 11.1. The summed E-state index contributed by atoms with van der Waals surface area (Å²) in [6, 6.07) is 9.10. The lowest BCUT2D eigenvalue weighted by Gasteiger charge is -2.30. The van der Waals surface area contributed by atoms with Crippen LogP contribution in [0.2, 0.25) is 0 Å². The van der Waals surface area contributed by atoms with E-state index in [1.54, 1.807) is 0 Å². The molecule has 1 aliphatic heterocycles. The third-order valence-electron chi connectivity index (χ3n) is 3.65. The normalized spacial score (nSPS) is 16.7. The van der Waals surface area contributed by atoms with Crippen LogP contribution in [0.1, 0.15) is 17.8 Å². The van der Waals surface area contributed by atoms with E-state index in [1.165, 1.54) is 22.5 Å². The highest BCUT2D eigenvalue weighted by molar-refractivity contribution is 7.18. The molecule has 0 amide bonds. The van der Waals surface area contributed by atoms with Crippen molar-refractivity contribution < 1.29 is 0 Å². The van der Waals surface area contributed by atoms with Crippen molar-refractivity contribution in [3.8, 4) is 0 Å². The minimum absolute atomic E-state index is 0. The molecule has 2 heterocycles. The van der Waals surface area contributed by atoms with E-state index in [0.717, 1.165) is 25.2 Å². The van der Waals surface area contributed by atoms with Crippen molar-refractivity contribution >= 4 is 34.0 Å². The van der Waals surface area contributed by atoms with Gasteiger partial charge in [0.15, 0.2) is 0 Å². The second-order valence-electron chi connectivity index (χ2n) is 4.97. The van der Waals surface area contributed by atoms with Gasteiger partial charge in [-0.1, -0.05) is 12.1 Å². The van der Waals surface area contributed by atoms with Gasteiger partial charge in [0.05, 0.1) is 16.8 Å². The molecule has 1 aliphatic rings. The highest BCUT2D eigenvalue weighted by Crippen LogP contribution is 2.23. The Kier molecular flexibility index (Phi) is 5.16. The smallest absolute Gasteiger partial charge is 0.108 e. The Morgan fingerprint density at radius 1 is 1.32 bits per heavy atom. The average molecular weight is 298 g/mol. The van der Waals surface area contributed by atoms with Crippen LogP contribution < -0.4 is 5.32 Å². The van der Waals surface area contributed by atoms with Crippen molar-refractivity contribution in [2.24, 2.45) is 0 Å². The van der Waals surface area contributed by atoms with Gasteiger partial charge in [-0.05, 0) is 45.1 Å². The first-order valence-corrected chi connectivity index (χ1v) is 7.40. The van der Waals surface area contributed by atoms with Gasteiger partial charge in [0.1, 0.15) is 5.01 Å². The largest absolute Gasteiger partial charge is 0.317 e. The second kappa shape index (κ2) is 6.66. The number of hydrogen-bond acceptors (Lipinski definition) is 4. The van der Waals surface area contributed by atoms with Crippen molar-refractivity contribution in [3.63, 3.8) is 0 Å². The van der Waals surface area contributed by atoms with Crippen molar-refractivity contribution in [3.05, 3.63) is 29.3 Å². The number of benzene rings is 1. The molecule has 19 heavy (non-hydrogen) atoms. The molecule has 1 saturated heterocycles. The van der Waals surface area contributed by atoms with Crippen LogP contribution in [0.4, 0.5) is 0 Å². The number of rotatable bonds is 3. The summed E-state index contributed by atoms with van der Waals surface area (Å²) in [7, 11) is 2.22. The zero-order valence-corrected chi connectivity index (χ0v) is 12.8. The summed E-state index contributed by atoms with van der Waals surface area (Å²) < 4.78 is 1.30. The van der Waals surface area contributed by atoms with Gasteiger partial charge in [-0.2, -0.15) is 0 Å². The first kappa shape index (κ1) is 14.7. The standard InChI is InChI=1S/C14H19N3S.ClH/c1-17(11-6-8-15-9-7-11)10-14-16-12-4-2-3-5-13(12)18-14;/h2-5,11,15H,6-10H2,1H3;1H. The summed E-state index contributed by atoms with van der Waals surface area (Å²) in [5, 5.41) is 4.65. The molecular formula is C14H20ClN3S. The lowest BCUT2D eigenvalue weighted by atomic mass is 10.1. The van der Waals surface area contributed by atoms with Crippen LogP contribution in [-0.4, -0.2) is 36.1 Å². The number of aromatic nitrogens is 1. The van der Waals surface area contributed by atoms with Gasteiger partial charge in [-0.15, -0.1) is 23.7 Å². The second-order valence-corrected chi connectivity index (χ2v) is 6.09. The van der Waals surface area contributed by atoms with Gasteiger partial charge in [-0.25, -0.2) is 4.98 Å². The number of hydrogen-bond donors (Lipinski definition) is 1. The van der Waals surface area contributed by atoms with Crippen LogP contribution in [0.5, 0.6) is 0 Å². The van der Waals surface area contributed by atoms with Gasteiger partial charge in [0.2, 0.25) is 0 Å². The fourth-order valence-corrected chi connectivity index (χ4v) is 3.61. The molecule has 0 spiro atoms. The lowest BCUT2D eigenvalue weighted by molar-refractivity contribution is 0.191. The Balaban J connectivity index is 0.00000133. The molecule has 0 radical (unpaired) electrons. The van der Waals surface area contributed by atoms with Crippen molar-refractivity contribution in [1.29, 1.82) is 0 Å². The topological polar surface area (TPSA) is 28.2 Å². The molecule has 0 aliphatic carbocycles. The van der Waals surface area contributed by atoms with Crippen LogP contribution in [-0.2, 0) is 6.54 Å². The highest BCUT2D eigenvalue weighted by atomic mass is 35.5. The molecule has 104 valence electrons. The van der Waals surface area contributed by atoms with Gasteiger partial charge < -0.3 is 5.32 Å². The number of para-hydroxylation sites is 1. The van der Waals surface area contributed by atoms with Crippen LogP contribution in [0, 0.1) is 0 Å². The van der Waals surface area contributed by atoms with E-state index in [1.807, 2.05) is 11.3 Å². The minimum Gasteiger partial charge on any atom is -0.317 e. The van der Waals surface area contributed by atoms with Crippen LogP contribution in [0.3, 0.4) is 0 Å². The molecule has 0 atom stereocenters. The van der Waals surface area contributed by atoms with Crippen molar-refractivity contribution in [2.75, 3.05) is 20.1 Å². The number of fused-ring (bicyclic) bond motifs is 1. The van der Waals surface area contributed by atoms with Gasteiger partial charge in [0.25, 0.3) is 0 Å². The van der Waals surface area contributed by atoms with Crippen molar-refractivity contribution in [2.45, 2.75) is 25.4 Å². The van der Waals surface area contributed by atoms with Crippen LogP contribution >= 0.6 is 23.7 Å². The summed E-state index contributed by atoms with van der Waals surface area (Å²) in [6.07, 6.45) is 2.50. The molecule has 0 unspecified atom stereocenters. The predicted molar refractivity (Wildman–Crippen MR) is 84.2 cm³/mol. The Morgan fingerprint density at radius 2 is 2.05 bits per heavy atom. The van der Waals surface area contributed by atoms with E-state index in [2.05, 4.69) is 41.5 Å². The molecule has 3 rings (SSSR count). The number of nitrogens with one attached hydrogen (secondary N) is 1. The molecule has 2 aromatic rings. The first-order chi connectivity index (χ1) is 8.83. The third-order valence-corrected chi connectivity index (χ3v) is 4.68. The zero-order chi connectivity index (χ0) is 12.4. The maximum absolute atomic E-state index is 4.71. The quantitative estimate of drug-likeness (QED) is 0.944. The minimum atomic E-state index is 0.